The van der Waals surface area contributed by atoms with E-state index in [-0.39, 0.29) is 5.56 Å². The Morgan fingerprint density at radius 1 is 1.44 bits per heavy atom. The Morgan fingerprint density at radius 3 is 2.44 bits per heavy atom. The van der Waals surface area contributed by atoms with E-state index in [2.05, 4.69) is 4.98 Å². The Morgan fingerprint density at radius 2 is 2.00 bits per heavy atom. The van der Waals surface area contributed by atoms with E-state index in [1.807, 2.05) is 0 Å². The highest BCUT2D eigenvalue weighted by molar-refractivity contribution is 5.75. The number of pyridine rings is 1. The summed E-state index contributed by atoms with van der Waals surface area (Å²) >= 11 is 0. The third-order valence-electron chi connectivity index (χ3n) is 2.81. The van der Waals surface area contributed by atoms with Crippen LogP contribution in [0.25, 0.3) is 0 Å². The van der Waals surface area contributed by atoms with Crippen LogP contribution in [0.4, 0.5) is 13.2 Å². The zero-order valence-electron chi connectivity index (χ0n) is 9.82. The van der Waals surface area contributed by atoms with Gasteiger partial charge >= 0.3 is 12.1 Å². The van der Waals surface area contributed by atoms with Crippen molar-refractivity contribution in [3.63, 3.8) is 0 Å². The fourth-order valence-electron chi connectivity index (χ4n) is 1.63. The lowest BCUT2D eigenvalue weighted by Gasteiger charge is -2.31. The average Bonchev–Trinajstić information content (AvgIpc) is 2.26. The van der Waals surface area contributed by atoms with Gasteiger partial charge in [0.2, 0.25) is 0 Å². The number of rotatable bonds is 3. The fraction of sp³-hybridized carbons (Fsp3) is 0.455. The molecule has 0 aliphatic carbocycles. The lowest BCUT2D eigenvalue weighted by atomic mass is 9.77. The van der Waals surface area contributed by atoms with Crippen molar-refractivity contribution in [1.82, 2.24) is 4.98 Å². The molecule has 4 nitrogen and oxygen atoms in total. The van der Waals surface area contributed by atoms with Crippen LogP contribution in [-0.2, 0) is 16.4 Å². The quantitative estimate of drug-likeness (QED) is 0.870. The molecule has 100 valence electrons. The second kappa shape index (κ2) is 4.56. The van der Waals surface area contributed by atoms with Gasteiger partial charge in [-0.1, -0.05) is 19.9 Å². The number of alkyl halides is 3. The number of carbonyl (C=O) groups is 1. The molecule has 1 aromatic rings. The summed E-state index contributed by atoms with van der Waals surface area (Å²) in [5.41, 5.74) is 2.73. The molecule has 0 aromatic carbocycles. The van der Waals surface area contributed by atoms with E-state index in [0.29, 0.717) is 0 Å². The number of nitrogens with two attached hydrogens (primary N) is 1. The number of aliphatic carboxylic acids is 1. The molecule has 3 N–H and O–H groups in total. The van der Waals surface area contributed by atoms with Gasteiger partial charge in [-0.25, -0.2) is 0 Å². The third kappa shape index (κ3) is 2.61. The Bertz CT molecular complexity index is 458. The number of nitrogens with zero attached hydrogens (tertiary/aromatic N) is 1. The molecule has 18 heavy (non-hydrogen) atoms. The molecular formula is C11H13F3N2O2. The van der Waals surface area contributed by atoms with Crippen molar-refractivity contribution in [2.75, 3.05) is 0 Å². The van der Waals surface area contributed by atoms with Gasteiger partial charge in [-0.15, -0.1) is 0 Å². The molecule has 0 amide bonds. The SMILES string of the molecule is CC(C)(c1cccnc1C(F)(F)F)C(N)C(=O)O. The van der Waals surface area contributed by atoms with Gasteiger partial charge in [-0.2, -0.15) is 13.2 Å². The Balaban J connectivity index is 3.37. The summed E-state index contributed by atoms with van der Waals surface area (Å²) in [7, 11) is 0. The fourth-order valence-corrected chi connectivity index (χ4v) is 1.63. The van der Waals surface area contributed by atoms with Crippen molar-refractivity contribution >= 4 is 5.97 Å². The Hall–Kier alpha value is -1.63. The highest BCUT2D eigenvalue weighted by Crippen LogP contribution is 2.37. The van der Waals surface area contributed by atoms with E-state index >= 15 is 0 Å². The highest BCUT2D eigenvalue weighted by Gasteiger charge is 2.43. The number of hydrogen-bond donors (Lipinski definition) is 2. The van der Waals surface area contributed by atoms with Crippen molar-refractivity contribution in [2.45, 2.75) is 31.5 Å². The molecule has 1 atom stereocenters. The van der Waals surface area contributed by atoms with Crippen LogP contribution in [0.5, 0.6) is 0 Å². The van der Waals surface area contributed by atoms with Crippen molar-refractivity contribution in [2.24, 2.45) is 5.73 Å². The summed E-state index contributed by atoms with van der Waals surface area (Å²) in [4.78, 5) is 14.1. The lowest BCUT2D eigenvalue weighted by Crippen LogP contribution is -2.47. The predicted molar refractivity (Wildman–Crippen MR) is 57.9 cm³/mol. The van der Waals surface area contributed by atoms with Gasteiger partial charge in [-0.05, 0) is 11.6 Å². The van der Waals surface area contributed by atoms with Crippen LogP contribution in [0, 0.1) is 0 Å². The van der Waals surface area contributed by atoms with Gasteiger partial charge in [0.05, 0.1) is 0 Å². The van der Waals surface area contributed by atoms with Crippen molar-refractivity contribution < 1.29 is 23.1 Å². The number of halogens is 3. The predicted octanol–water partition coefficient (Wildman–Crippen LogP) is 1.79. The monoisotopic (exact) mass is 262 g/mol. The second-order valence-electron chi connectivity index (χ2n) is 4.43. The molecule has 0 aliphatic rings. The molecule has 0 saturated carbocycles. The summed E-state index contributed by atoms with van der Waals surface area (Å²) < 4.78 is 38.4. The van der Waals surface area contributed by atoms with Crippen molar-refractivity contribution in [3.05, 3.63) is 29.6 Å². The Labute approximate surface area is 102 Å². The maximum absolute atomic E-state index is 12.8. The van der Waals surface area contributed by atoms with E-state index < -0.39 is 29.3 Å². The minimum Gasteiger partial charge on any atom is -0.480 e. The average molecular weight is 262 g/mol. The van der Waals surface area contributed by atoms with Gasteiger partial charge in [0.15, 0.2) is 0 Å². The molecule has 1 heterocycles. The lowest BCUT2D eigenvalue weighted by molar-refractivity contribution is -0.144. The molecule has 1 unspecified atom stereocenters. The number of hydrogen-bond acceptors (Lipinski definition) is 3. The molecule has 1 aromatic heterocycles. The topological polar surface area (TPSA) is 76.2 Å². The standard InChI is InChI=1S/C11H13F3N2O2/c1-10(2,7(15)9(17)18)6-4-3-5-16-8(6)11(12,13)14/h3-5,7H,15H2,1-2H3,(H,17,18). The zero-order valence-corrected chi connectivity index (χ0v) is 9.82. The van der Waals surface area contributed by atoms with Crippen LogP contribution in [0.3, 0.4) is 0 Å². The minimum absolute atomic E-state index is 0.229. The van der Waals surface area contributed by atoms with Gasteiger partial charge in [-0.3, -0.25) is 9.78 Å². The summed E-state index contributed by atoms with van der Waals surface area (Å²) in [5.74, 6) is -1.36. The molecule has 0 saturated heterocycles. The van der Waals surface area contributed by atoms with E-state index in [0.717, 1.165) is 6.20 Å². The van der Waals surface area contributed by atoms with E-state index in [9.17, 15) is 18.0 Å². The van der Waals surface area contributed by atoms with Crippen molar-refractivity contribution in [3.8, 4) is 0 Å². The first-order valence-corrected chi connectivity index (χ1v) is 5.09. The normalized spacial score (nSPS) is 14.3. The minimum atomic E-state index is -4.65. The number of aromatic nitrogens is 1. The maximum Gasteiger partial charge on any atom is 0.433 e. The summed E-state index contributed by atoms with van der Waals surface area (Å²) in [6.07, 6.45) is -3.64. The molecule has 0 fully saturated rings. The summed E-state index contributed by atoms with van der Waals surface area (Å²) in [6.45, 7) is 2.69. The van der Waals surface area contributed by atoms with E-state index in [4.69, 9.17) is 10.8 Å². The van der Waals surface area contributed by atoms with E-state index in [1.165, 1.54) is 26.0 Å². The smallest absolute Gasteiger partial charge is 0.433 e. The van der Waals surface area contributed by atoms with Gasteiger partial charge in [0.1, 0.15) is 11.7 Å². The van der Waals surface area contributed by atoms with Gasteiger partial charge in [0.25, 0.3) is 0 Å². The van der Waals surface area contributed by atoms with Gasteiger partial charge < -0.3 is 10.8 Å². The molecule has 7 heteroatoms. The van der Waals surface area contributed by atoms with Crippen LogP contribution < -0.4 is 5.73 Å². The first-order chi connectivity index (χ1) is 8.08. The highest BCUT2D eigenvalue weighted by atomic mass is 19.4. The first kappa shape index (κ1) is 14.4. The van der Waals surface area contributed by atoms with E-state index in [1.54, 1.807) is 0 Å². The van der Waals surface area contributed by atoms with Crippen LogP contribution in [-0.4, -0.2) is 22.1 Å². The van der Waals surface area contributed by atoms with Crippen molar-refractivity contribution in [1.29, 1.82) is 0 Å². The van der Waals surface area contributed by atoms with Crippen LogP contribution in [0.1, 0.15) is 25.1 Å². The maximum atomic E-state index is 12.8. The molecular weight excluding hydrogens is 249 g/mol. The summed E-state index contributed by atoms with van der Waals surface area (Å²) in [6, 6.07) is 1.06. The summed E-state index contributed by atoms with van der Waals surface area (Å²) in [5, 5.41) is 8.85. The first-order valence-electron chi connectivity index (χ1n) is 5.09. The van der Waals surface area contributed by atoms with Gasteiger partial charge in [0, 0.05) is 11.6 Å². The zero-order chi connectivity index (χ0) is 14.1. The number of carboxylic acids is 1. The number of carboxylic acid groups (broad SMARTS) is 1. The van der Waals surface area contributed by atoms with Crippen LogP contribution in [0.2, 0.25) is 0 Å². The molecule has 0 radical (unpaired) electrons. The van der Waals surface area contributed by atoms with Crippen LogP contribution >= 0.6 is 0 Å². The molecule has 0 bridgehead atoms. The molecule has 0 aliphatic heterocycles. The Kier molecular flexibility index (Phi) is 3.66. The third-order valence-corrected chi connectivity index (χ3v) is 2.81. The van der Waals surface area contributed by atoms with Crippen LogP contribution in [0.15, 0.2) is 18.3 Å². The molecule has 0 spiro atoms. The molecule has 1 rings (SSSR count). The second-order valence-corrected chi connectivity index (χ2v) is 4.43. The largest absolute Gasteiger partial charge is 0.480 e.